The minimum absolute atomic E-state index is 0.619. The Morgan fingerprint density at radius 2 is 2.50 bits per heavy atom. The number of nitrogens with zero attached hydrogens (tertiary/aromatic N) is 1. The summed E-state index contributed by atoms with van der Waals surface area (Å²) in [6.45, 7) is 0.619. The molecule has 0 saturated heterocycles. The van der Waals surface area contributed by atoms with Crippen LogP contribution < -0.4 is 4.84 Å². The van der Waals surface area contributed by atoms with Gasteiger partial charge in [-0.05, 0) is 23.9 Å². The Balaban J connectivity index is 2.71. The molecule has 1 aromatic rings. The largest absolute Gasteiger partial charge is 0.228 e. The number of hydrogen-bond acceptors (Lipinski definition) is 3. The second-order valence-electron chi connectivity index (χ2n) is 1.69. The highest BCUT2D eigenvalue weighted by molar-refractivity contribution is 7.12. The molecule has 1 N–H and O–H groups in total. The van der Waals surface area contributed by atoms with Gasteiger partial charge in [0, 0.05) is 11.4 Å². The first-order valence-corrected chi connectivity index (χ1v) is 3.88. The van der Waals surface area contributed by atoms with Crippen LogP contribution in [0.3, 0.4) is 0 Å². The van der Waals surface area contributed by atoms with E-state index in [-0.39, 0.29) is 0 Å². The van der Waals surface area contributed by atoms with Crippen LogP contribution in [0.5, 0.6) is 0 Å². The van der Waals surface area contributed by atoms with Crippen molar-refractivity contribution < 1.29 is 0 Å². The Hall–Kier alpha value is -0.560. The Morgan fingerprint density at radius 3 is 3.00 bits per heavy atom. The highest BCUT2D eigenvalue weighted by Crippen LogP contribution is 2.14. The molecule has 0 amide bonds. The van der Waals surface area contributed by atoms with Gasteiger partial charge in [0.05, 0.1) is 0 Å². The molecule has 0 aliphatic carbocycles. The number of nitriles is 1. The Labute approximate surface area is 68.2 Å². The van der Waals surface area contributed by atoms with Crippen LogP contribution >= 0.6 is 23.1 Å². The molecule has 1 heterocycles. The molecule has 4 heteroatoms. The normalized spacial score (nSPS) is 9.20. The molecule has 0 radical (unpaired) electrons. The molecule has 1 rings (SSSR count). The summed E-state index contributed by atoms with van der Waals surface area (Å²) in [5.74, 6) is 0. The fourth-order valence-corrected chi connectivity index (χ4v) is 1.57. The van der Waals surface area contributed by atoms with Gasteiger partial charge >= 0.3 is 0 Å². The third-order valence-electron chi connectivity index (χ3n) is 1.01. The van der Waals surface area contributed by atoms with Gasteiger partial charge < -0.3 is 0 Å². The van der Waals surface area contributed by atoms with Crippen LogP contribution in [-0.4, -0.2) is 0 Å². The minimum Gasteiger partial charge on any atom is -0.228 e. The standard InChI is InChI=1S/C6H5ClN2S/c7-9-4-6-2-1-5(3-8)10-6/h1-2,9H,4H2. The van der Waals surface area contributed by atoms with Crippen molar-refractivity contribution in [2.75, 3.05) is 0 Å². The second kappa shape index (κ2) is 3.57. The van der Waals surface area contributed by atoms with Gasteiger partial charge in [-0.3, -0.25) is 0 Å². The Kier molecular flexibility index (Phi) is 2.69. The van der Waals surface area contributed by atoms with E-state index in [4.69, 9.17) is 17.0 Å². The lowest BCUT2D eigenvalue weighted by Crippen LogP contribution is -1.94. The molecule has 0 aliphatic rings. The Bertz CT molecular complexity index is 250. The molecule has 0 fully saturated rings. The van der Waals surface area contributed by atoms with Crippen molar-refractivity contribution in [3.63, 3.8) is 0 Å². The van der Waals surface area contributed by atoms with Crippen molar-refractivity contribution in [2.45, 2.75) is 6.54 Å². The highest BCUT2D eigenvalue weighted by Gasteiger charge is 1.96. The second-order valence-corrected chi connectivity index (χ2v) is 3.12. The first-order chi connectivity index (χ1) is 4.86. The van der Waals surface area contributed by atoms with E-state index in [0.29, 0.717) is 6.54 Å². The minimum atomic E-state index is 0.619. The fourth-order valence-electron chi connectivity index (χ4n) is 0.599. The van der Waals surface area contributed by atoms with E-state index in [0.717, 1.165) is 9.75 Å². The fraction of sp³-hybridized carbons (Fsp3) is 0.167. The SMILES string of the molecule is N#Cc1ccc(CNCl)s1. The first-order valence-electron chi connectivity index (χ1n) is 2.69. The average Bonchev–Trinajstić information content (AvgIpc) is 2.37. The Morgan fingerprint density at radius 1 is 1.70 bits per heavy atom. The van der Waals surface area contributed by atoms with E-state index in [2.05, 4.69) is 10.9 Å². The topological polar surface area (TPSA) is 35.8 Å². The summed E-state index contributed by atoms with van der Waals surface area (Å²) in [6.07, 6.45) is 0. The lowest BCUT2D eigenvalue weighted by Gasteiger charge is -1.87. The number of nitrogens with one attached hydrogen (secondary N) is 1. The van der Waals surface area contributed by atoms with Crippen LogP contribution in [0.1, 0.15) is 9.75 Å². The van der Waals surface area contributed by atoms with Crippen molar-refractivity contribution in [1.29, 1.82) is 5.26 Å². The van der Waals surface area contributed by atoms with Gasteiger partial charge in [0.2, 0.25) is 0 Å². The van der Waals surface area contributed by atoms with Gasteiger partial charge in [-0.2, -0.15) is 5.26 Å². The van der Waals surface area contributed by atoms with E-state index >= 15 is 0 Å². The van der Waals surface area contributed by atoms with E-state index < -0.39 is 0 Å². The van der Waals surface area contributed by atoms with Gasteiger partial charge in [0.15, 0.2) is 0 Å². The summed E-state index contributed by atoms with van der Waals surface area (Å²) < 4.78 is 0. The highest BCUT2D eigenvalue weighted by atomic mass is 35.5. The molecular weight excluding hydrogens is 168 g/mol. The van der Waals surface area contributed by atoms with E-state index in [1.165, 1.54) is 11.3 Å². The molecule has 0 aromatic carbocycles. The molecule has 0 saturated carbocycles. The van der Waals surface area contributed by atoms with Crippen LogP contribution in [-0.2, 0) is 6.54 Å². The van der Waals surface area contributed by atoms with Crippen LogP contribution in [0, 0.1) is 11.3 Å². The molecule has 0 atom stereocenters. The van der Waals surface area contributed by atoms with Gasteiger partial charge in [0.1, 0.15) is 10.9 Å². The van der Waals surface area contributed by atoms with Crippen molar-refractivity contribution in [2.24, 2.45) is 0 Å². The van der Waals surface area contributed by atoms with Crippen molar-refractivity contribution in [3.8, 4) is 6.07 Å². The predicted molar refractivity (Wildman–Crippen MR) is 41.7 cm³/mol. The molecular formula is C6H5ClN2S. The molecule has 0 bridgehead atoms. The van der Waals surface area contributed by atoms with E-state index in [1.54, 1.807) is 6.07 Å². The van der Waals surface area contributed by atoms with E-state index in [9.17, 15) is 0 Å². The number of thiophene rings is 1. The predicted octanol–water partition coefficient (Wildman–Crippen LogP) is 1.86. The molecule has 2 nitrogen and oxygen atoms in total. The summed E-state index contributed by atoms with van der Waals surface area (Å²) >= 11 is 6.71. The van der Waals surface area contributed by atoms with Crippen molar-refractivity contribution in [3.05, 3.63) is 21.9 Å². The third-order valence-corrected chi connectivity index (χ3v) is 2.14. The van der Waals surface area contributed by atoms with E-state index in [1.807, 2.05) is 6.07 Å². The van der Waals surface area contributed by atoms with Gasteiger partial charge in [0.25, 0.3) is 0 Å². The number of halogens is 1. The van der Waals surface area contributed by atoms with Gasteiger partial charge in [-0.15, -0.1) is 11.3 Å². The number of hydrogen-bond donors (Lipinski definition) is 1. The van der Waals surface area contributed by atoms with Crippen LogP contribution in [0.2, 0.25) is 0 Å². The summed E-state index contributed by atoms with van der Waals surface area (Å²) in [4.78, 5) is 4.29. The maximum Gasteiger partial charge on any atom is 0.110 e. The lowest BCUT2D eigenvalue weighted by molar-refractivity contribution is 0.988. The summed E-state index contributed by atoms with van der Waals surface area (Å²) in [5, 5.41) is 8.43. The monoisotopic (exact) mass is 172 g/mol. The molecule has 1 aromatic heterocycles. The zero-order valence-corrected chi connectivity index (χ0v) is 6.67. The zero-order chi connectivity index (χ0) is 7.40. The zero-order valence-electron chi connectivity index (χ0n) is 5.10. The third kappa shape index (κ3) is 1.71. The van der Waals surface area contributed by atoms with Gasteiger partial charge in [-0.1, -0.05) is 0 Å². The molecule has 52 valence electrons. The number of rotatable bonds is 2. The van der Waals surface area contributed by atoms with Crippen molar-refractivity contribution >= 4 is 23.1 Å². The van der Waals surface area contributed by atoms with Gasteiger partial charge in [-0.25, -0.2) is 4.84 Å². The average molecular weight is 173 g/mol. The van der Waals surface area contributed by atoms with Crippen molar-refractivity contribution in [1.82, 2.24) is 4.84 Å². The first kappa shape index (κ1) is 7.55. The quantitative estimate of drug-likeness (QED) is 0.692. The molecule has 10 heavy (non-hydrogen) atoms. The molecule has 0 unspecified atom stereocenters. The summed E-state index contributed by atoms with van der Waals surface area (Å²) in [6, 6.07) is 5.73. The summed E-state index contributed by atoms with van der Waals surface area (Å²) in [7, 11) is 0. The maximum atomic E-state index is 8.43. The van der Waals surface area contributed by atoms with Crippen LogP contribution in [0.25, 0.3) is 0 Å². The molecule has 0 aliphatic heterocycles. The van der Waals surface area contributed by atoms with Crippen LogP contribution in [0.4, 0.5) is 0 Å². The van der Waals surface area contributed by atoms with Crippen LogP contribution in [0.15, 0.2) is 12.1 Å². The maximum absolute atomic E-state index is 8.43. The summed E-state index contributed by atoms with van der Waals surface area (Å²) in [5.41, 5.74) is 0. The smallest absolute Gasteiger partial charge is 0.110 e. The molecule has 0 spiro atoms. The lowest BCUT2D eigenvalue weighted by atomic mass is 10.4.